The van der Waals surface area contributed by atoms with Gasteiger partial charge >= 0.3 is 0 Å². The van der Waals surface area contributed by atoms with Crippen molar-refractivity contribution in [2.75, 3.05) is 5.32 Å². The number of rotatable bonds is 6. The first kappa shape index (κ1) is 20.6. The van der Waals surface area contributed by atoms with Gasteiger partial charge in [0.15, 0.2) is 0 Å². The van der Waals surface area contributed by atoms with Gasteiger partial charge in [-0.3, -0.25) is 9.59 Å². The summed E-state index contributed by atoms with van der Waals surface area (Å²) in [6.07, 6.45) is 0. The van der Waals surface area contributed by atoms with E-state index >= 15 is 0 Å². The van der Waals surface area contributed by atoms with Crippen molar-refractivity contribution in [1.29, 1.82) is 0 Å². The number of nitrogens with one attached hydrogen (secondary N) is 1. The maximum atomic E-state index is 13.0. The molecule has 0 atom stereocenters. The van der Waals surface area contributed by atoms with Gasteiger partial charge in [-0.15, -0.1) is 0 Å². The molecule has 2 amide bonds. The average molecular weight is 433 g/mol. The van der Waals surface area contributed by atoms with Crippen molar-refractivity contribution in [2.45, 2.75) is 6.61 Å². The van der Waals surface area contributed by atoms with Crippen LogP contribution in [0.25, 0.3) is 0 Å². The number of para-hydroxylation sites is 1. The monoisotopic (exact) mass is 432 g/mol. The Balaban J connectivity index is 1.81. The second kappa shape index (κ2) is 8.94. The minimum atomic E-state index is -0.745. The fraction of sp³-hybridized carbons (Fsp3) is 0.0476. The molecule has 3 rings (SSSR count). The topological polar surface area (TPSA) is 81.4 Å². The number of amides is 2. The molecule has 3 aromatic rings. The molecule has 0 aromatic heterocycles. The highest BCUT2D eigenvalue weighted by Crippen LogP contribution is 2.30. The maximum absolute atomic E-state index is 13.0. The van der Waals surface area contributed by atoms with E-state index < -0.39 is 11.8 Å². The van der Waals surface area contributed by atoms with Gasteiger partial charge in [-0.05, 0) is 42.0 Å². The number of ether oxygens (including phenoxy) is 1. The molecule has 0 aliphatic carbocycles. The number of primary amides is 1. The SMILES string of the molecule is NC(=O)c1cc(NC(=O)c2ccccc2OCc2ccc(F)cc2)c(Cl)cc1Cl. The number of halogens is 3. The predicted molar refractivity (Wildman–Crippen MR) is 110 cm³/mol. The second-order valence-corrected chi connectivity index (χ2v) is 6.86. The largest absolute Gasteiger partial charge is 0.488 e. The molecule has 0 spiro atoms. The Labute approximate surface area is 176 Å². The molecule has 29 heavy (non-hydrogen) atoms. The molecule has 0 aliphatic heterocycles. The zero-order chi connectivity index (χ0) is 21.0. The van der Waals surface area contributed by atoms with E-state index in [1.165, 1.54) is 24.3 Å². The lowest BCUT2D eigenvalue weighted by Crippen LogP contribution is -2.16. The van der Waals surface area contributed by atoms with E-state index in [9.17, 15) is 14.0 Å². The first-order chi connectivity index (χ1) is 13.8. The predicted octanol–water partition coefficient (Wildman–Crippen LogP) is 5.06. The van der Waals surface area contributed by atoms with Crippen LogP contribution in [0.3, 0.4) is 0 Å². The summed E-state index contributed by atoms with van der Waals surface area (Å²) < 4.78 is 18.7. The summed E-state index contributed by atoms with van der Waals surface area (Å²) in [6.45, 7) is 0.151. The Bertz CT molecular complexity index is 1070. The zero-order valence-electron chi connectivity index (χ0n) is 14.9. The number of anilines is 1. The normalized spacial score (nSPS) is 10.4. The highest BCUT2D eigenvalue weighted by molar-refractivity contribution is 6.38. The highest BCUT2D eigenvalue weighted by atomic mass is 35.5. The lowest BCUT2D eigenvalue weighted by molar-refractivity contribution is 0.0995. The molecule has 3 aromatic carbocycles. The van der Waals surface area contributed by atoms with Crippen LogP contribution in [-0.4, -0.2) is 11.8 Å². The molecule has 0 saturated carbocycles. The number of benzene rings is 3. The fourth-order valence-electron chi connectivity index (χ4n) is 2.55. The molecule has 3 N–H and O–H groups in total. The van der Waals surface area contributed by atoms with Gasteiger partial charge in [0, 0.05) is 0 Å². The molecule has 0 radical (unpaired) electrons. The van der Waals surface area contributed by atoms with Crippen molar-refractivity contribution < 1.29 is 18.7 Å². The third-order valence-electron chi connectivity index (χ3n) is 4.01. The minimum absolute atomic E-state index is 0.0345. The summed E-state index contributed by atoms with van der Waals surface area (Å²) in [5.74, 6) is -1.26. The number of nitrogens with two attached hydrogens (primary N) is 1. The van der Waals surface area contributed by atoms with Crippen LogP contribution < -0.4 is 15.8 Å². The molecule has 0 bridgehead atoms. The lowest BCUT2D eigenvalue weighted by atomic mass is 10.1. The molecule has 0 unspecified atom stereocenters. The molecule has 5 nitrogen and oxygen atoms in total. The van der Waals surface area contributed by atoms with Crippen LogP contribution in [-0.2, 0) is 6.61 Å². The van der Waals surface area contributed by atoms with E-state index in [0.29, 0.717) is 5.75 Å². The van der Waals surface area contributed by atoms with Crippen molar-refractivity contribution >= 4 is 40.7 Å². The van der Waals surface area contributed by atoms with E-state index in [4.69, 9.17) is 33.7 Å². The number of hydrogen-bond acceptors (Lipinski definition) is 3. The Kier molecular flexibility index (Phi) is 6.36. The summed E-state index contributed by atoms with van der Waals surface area (Å²) in [4.78, 5) is 24.2. The van der Waals surface area contributed by atoms with Crippen LogP contribution in [0.1, 0.15) is 26.3 Å². The van der Waals surface area contributed by atoms with Crippen LogP contribution in [0, 0.1) is 5.82 Å². The van der Waals surface area contributed by atoms with Gasteiger partial charge in [0.2, 0.25) is 5.91 Å². The molecule has 8 heteroatoms. The van der Waals surface area contributed by atoms with Crippen LogP contribution in [0.2, 0.25) is 10.0 Å². The smallest absolute Gasteiger partial charge is 0.259 e. The van der Waals surface area contributed by atoms with Gasteiger partial charge in [-0.2, -0.15) is 0 Å². The van der Waals surface area contributed by atoms with Crippen LogP contribution in [0.5, 0.6) is 5.75 Å². The average Bonchev–Trinajstić information content (AvgIpc) is 2.69. The van der Waals surface area contributed by atoms with Gasteiger partial charge < -0.3 is 15.8 Å². The van der Waals surface area contributed by atoms with Gasteiger partial charge in [0.05, 0.1) is 26.9 Å². The third kappa shape index (κ3) is 5.04. The fourth-order valence-corrected chi connectivity index (χ4v) is 3.07. The second-order valence-electron chi connectivity index (χ2n) is 6.04. The van der Waals surface area contributed by atoms with Gasteiger partial charge in [-0.25, -0.2) is 4.39 Å². The summed E-state index contributed by atoms with van der Waals surface area (Å²) in [5, 5.41) is 2.87. The quantitative estimate of drug-likeness (QED) is 0.570. The molecule has 0 aliphatic rings. The Morgan fingerprint density at radius 3 is 2.34 bits per heavy atom. The Morgan fingerprint density at radius 1 is 0.966 bits per heavy atom. The van der Waals surface area contributed by atoms with E-state index in [1.807, 2.05) is 0 Å². The molecule has 148 valence electrons. The molecular weight excluding hydrogens is 418 g/mol. The maximum Gasteiger partial charge on any atom is 0.259 e. The van der Waals surface area contributed by atoms with Gasteiger partial charge in [0.25, 0.3) is 5.91 Å². The lowest BCUT2D eigenvalue weighted by Gasteiger charge is -2.13. The van der Waals surface area contributed by atoms with Crippen LogP contribution in [0.4, 0.5) is 10.1 Å². The molecular formula is C21H15Cl2FN2O3. The number of carbonyl (C=O) groups is 2. The van der Waals surface area contributed by atoms with Crippen molar-refractivity contribution in [3.63, 3.8) is 0 Å². The number of hydrogen-bond donors (Lipinski definition) is 2. The summed E-state index contributed by atoms with van der Waals surface area (Å²) >= 11 is 12.1. The zero-order valence-corrected chi connectivity index (χ0v) is 16.4. The van der Waals surface area contributed by atoms with E-state index in [2.05, 4.69) is 5.32 Å². The van der Waals surface area contributed by atoms with Crippen LogP contribution >= 0.6 is 23.2 Å². The van der Waals surface area contributed by atoms with Crippen molar-refractivity contribution in [3.05, 3.63) is 93.2 Å². The summed E-state index contributed by atoms with van der Waals surface area (Å²) in [7, 11) is 0. The Hall–Kier alpha value is -3.09. The van der Waals surface area contributed by atoms with Crippen LogP contribution in [0.15, 0.2) is 60.7 Å². The molecule has 0 fully saturated rings. The standard InChI is InChI=1S/C21H15Cl2FN2O3/c22-16-10-17(23)18(9-15(16)20(25)27)26-21(28)14-3-1-2-4-19(14)29-11-12-5-7-13(24)8-6-12/h1-10H,11H2,(H2,25,27)(H,26,28). The third-order valence-corrected chi connectivity index (χ3v) is 4.64. The summed E-state index contributed by atoms with van der Waals surface area (Å²) in [6, 6.07) is 15.1. The molecule has 0 heterocycles. The summed E-state index contributed by atoms with van der Waals surface area (Å²) in [5.41, 5.74) is 6.49. The highest BCUT2D eigenvalue weighted by Gasteiger charge is 2.17. The first-order valence-corrected chi connectivity index (χ1v) is 9.17. The van der Waals surface area contributed by atoms with Crippen molar-refractivity contribution in [3.8, 4) is 5.75 Å². The van der Waals surface area contributed by atoms with E-state index in [-0.39, 0.29) is 39.3 Å². The number of carbonyl (C=O) groups excluding carboxylic acids is 2. The van der Waals surface area contributed by atoms with E-state index in [1.54, 1.807) is 36.4 Å². The first-order valence-electron chi connectivity index (χ1n) is 8.41. The molecule has 0 saturated heterocycles. The van der Waals surface area contributed by atoms with E-state index in [0.717, 1.165) is 5.56 Å². The van der Waals surface area contributed by atoms with Gasteiger partial charge in [-0.1, -0.05) is 47.5 Å². The Morgan fingerprint density at radius 2 is 1.66 bits per heavy atom. The minimum Gasteiger partial charge on any atom is -0.488 e. The van der Waals surface area contributed by atoms with Crippen molar-refractivity contribution in [1.82, 2.24) is 0 Å². The van der Waals surface area contributed by atoms with Crippen molar-refractivity contribution in [2.24, 2.45) is 5.73 Å². The van der Waals surface area contributed by atoms with Gasteiger partial charge in [0.1, 0.15) is 18.2 Å².